The number of benzene rings is 1. The highest BCUT2D eigenvalue weighted by molar-refractivity contribution is 5.33. The molecule has 3 heteroatoms. The van der Waals surface area contributed by atoms with Crippen LogP contribution in [0.5, 0.6) is 0 Å². The minimum Gasteiger partial charge on any atom is -0.296 e. The maximum Gasteiger partial charge on any atom is 0.0644 e. The Morgan fingerprint density at radius 2 is 1.76 bits per heavy atom. The Morgan fingerprint density at radius 3 is 2.24 bits per heavy atom. The first-order valence-electron chi connectivity index (χ1n) is 8.37. The van der Waals surface area contributed by atoms with Crippen LogP contribution in [0.25, 0.3) is 0 Å². The SMILES string of the molecule is CCN(CC)C1(C(NN)c2ccc(C)c(C)c2)CCCC1. The fourth-order valence-electron chi connectivity index (χ4n) is 4.13. The molecule has 1 aromatic rings. The zero-order valence-corrected chi connectivity index (χ0v) is 14.1. The molecule has 1 aliphatic carbocycles. The van der Waals surface area contributed by atoms with Crippen molar-refractivity contribution < 1.29 is 0 Å². The largest absolute Gasteiger partial charge is 0.296 e. The van der Waals surface area contributed by atoms with Gasteiger partial charge in [0.1, 0.15) is 0 Å². The molecule has 1 saturated carbocycles. The predicted octanol–water partition coefficient (Wildman–Crippen LogP) is 3.46. The van der Waals surface area contributed by atoms with Gasteiger partial charge in [0.05, 0.1) is 6.04 Å². The highest BCUT2D eigenvalue weighted by Crippen LogP contribution is 2.44. The second-order valence-electron chi connectivity index (χ2n) is 6.43. The smallest absolute Gasteiger partial charge is 0.0644 e. The molecule has 0 heterocycles. The molecule has 2 rings (SSSR count). The van der Waals surface area contributed by atoms with Gasteiger partial charge < -0.3 is 0 Å². The molecule has 1 fully saturated rings. The van der Waals surface area contributed by atoms with Crippen molar-refractivity contribution in [3.05, 3.63) is 34.9 Å². The van der Waals surface area contributed by atoms with Crippen LogP contribution in [0, 0.1) is 13.8 Å². The summed E-state index contributed by atoms with van der Waals surface area (Å²) in [7, 11) is 0. The molecular weight excluding hydrogens is 258 g/mol. The number of nitrogens with one attached hydrogen (secondary N) is 1. The van der Waals surface area contributed by atoms with Crippen molar-refractivity contribution in [3.63, 3.8) is 0 Å². The third-order valence-corrected chi connectivity index (χ3v) is 5.43. The topological polar surface area (TPSA) is 41.3 Å². The highest BCUT2D eigenvalue weighted by atomic mass is 15.3. The van der Waals surface area contributed by atoms with Gasteiger partial charge >= 0.3 is 0 Å². The molecular formula is C18H31N3. The van der Waals surface area contributed by atoms with Gasteiger partial charge in [-0.2, -0.15) is 0 Å². The molecule has 0 amide bonds. The van der Waals surface area contributed by atoms with Crippen LogP contribution in [0.4, 0.5) is 0 Å². The van der Waals surface area contributed by atoms with Gasteiger partial charge in [0.2, 0.25) is 0 Å². The first-order valence-corrected chi connectivity index (χ1v) is 8.37. The third kappa shape index (κ3) is 3.01. The summed E-state index contributed by atoms with van der Waals surface area (Å²) in [6.45, 7) is 11.0. The summed E-state index contributed by atoms with van der Waals surface area (Å²) >= 11 is 0. The van der Waals surface area contributed by atoms with E-state index in [0.717, 1.165) is 13.1 Å². The summed E-state index contributed by atoms with van der Waals surface area (Å²) in [5, 5.41) is 0. The van der Waals surface area contributed by atoms with Crippen molar-refractivity contribution >= 4 is 0 Å². The Kier molecular flexibility index (Phi) is 5.42. The number of hydrogen-bond acceptors (Lipinski definition) is 3. The molecule has 1 aromatic carbocycles. The number of hydrogen-bond donors (Lipinski definition) is 2. The first kappa shape index (κ1) is 16.5. The van der Waals surface area contributed by atoms with Crippen molar-refractivity contribution in [2.24, 2.45) is 5.84 Å². The number of hydrazine groups is 1. The summed E-state index contributed by atoms with van der Waals surface area (Å²) in [6.07, 6.45) is 5.08. The van der Waals surface area contributed by atoms with Crippen LogP contribution in [0.3, 0.4) is 0 Å². The molecule has 3 N–H and O–H groups in total. The van der Waals surface area contributed by atoms with Crippen molar-refractivity contribution in [1.29, 1.82) is 0 Å². The summed E-state index contributed by atoms with van der Waals surface area (Å²) in [4.78, 5) is 2.61. The molecule has 118 valence electrons. The van der Waals surface area contributed by atoms with Crippen LogP contribution in [-0.4, -0.2) is 23.5 Å². The fourth-order valence-corrected chi connectivity index (χ4v) is 4.13. The number of nitrogens with zero attached hydrogens (tertiary/aromatic N) is 1. The Labute approximate surface area is 129 Å². The Hall–Kier alpha value is -0.900. The maximum absolute atomic E-state index is 6.03. The summed E-state index contributed by atoms with van der Waals surface area (Å²) in [6, 6.07) is 6.99. The average molecular weight is 289 g/mol. The van der Waals surface area contributed by atoms with E-state index in [1.165, 1.54) is 42.4 Å². The van der Waals surface area contributed by atoms with Gasteiger partial charge in [-0.3, -0.25) is 16.2 Å². The molecule has 0 saturated heterocycles. The van der Waals surface area contributed by atoms with E-state index >= 15 is 0 Å². The summed E-state index contributed by atoms with van der Waals surface area (Å²) in [5.74, 6) is 6.03. The van der Waals surface area contributed by atoms with Crippen LogP contribution >= 0.6 is 0 Å². The van der Waals surface area contributed by atoms with E-state index in [-0.39, 0.29) is 11.6 Å². The number of aryl methyl sites for hydroxylation is 2. The second-order valence-corrected chi connectivity index (χ2v) is 6.43. The molecule has 21 heavy (non-hydrogen) atoms. The second kappa shape index (κ2) is 6.91. The molecule has 1 unspecified atom stereocenters. The summed E-state index contributed by atoms with van der Waals surface area (Å²) in [5.41, 5.74) is 7.34. The molecule has 1 atom stereocenters. The van der Waals surface area contributed by atoms with Gasteiger partial charge in [0, 0.05) is 5.54 Å². The molecule has 0 aliphatic heterocycles. The van der Waals surface area contributed by atoms with Gasteiger partial charge in [-0.05, 0) is 56.5 Å². The van der Waals surface area contributed by atoms with Gasteiger partial charge in [0.15, 0.2) is 0 Å². The van der Waals surface area contributed by atoms with Crippen molar-refractivity contribution in [2.45, 2.75) is 65.0 Å². The standard InChI is InChI=1S/C18H31N3/c1-5-21(6-2)18(11-7-8-12-18)17(20-19)16-10-9-14(3)15(4)13-16/h9-10,13,17,20H,5-8,11-12,19H2,1-4H3. The maximum atomic E-state index is 6.03. The number of likely N-dealkylation sites (N-methyl/N-ethyl adjacent to an activating group) is 1. The van der Waals surface area contributed by atoms with Gasteiger partial charge in [-0.1, -0.05) is 44.9 Å². The van der Waals surface area contributed by atoms with E-state index in [9.17, 15) is 0 Å². The van der Waals surface area contributed by atoms with Crippen molar-refractivity contribution in [2.75, 3.05) is 13.1 Å². The zero-order valence-electron chi connectivity index (χ0n) is 14.1. The van der Waals surface area contributed by atoms with E-state index in [2.05, 4.69) is 56.2 Å². The average Bonchev–Trinajstić information content (AvgIpc) is 2.95. The first-order chi connectivity index (χ1) is 10.1. The lowest BCUT2D eigenvalue weighted by molar-refractivity contribution is 0.0626. The molecule has 0 radical (unpaired) electrons. The number of rotatable bonds is 6. The molecule has 0 aromatic heterocycles. The zero-order chi connectivity index (χ0) is 15.5. The quantitative estimate of drug-likeness (QED) is 0.622. The lowest BCUT2D eigenvalue weighted by Crippen LogP contribution is -2.56. The Bertz CT molecular complexity index is 460. The van der Waals surface area contributed by atoms with Crippen LogP contribution in [0.1, 0.15) is 62.3 Å². The van der Waals surface area contributed by atoms with Crippen LogP contribution in [0.2, 0.25) is 0 Å². The highest BCUT2D eigenvalue weighted by Gasteiger charge is 2.45. The molecule has 3 nitrogen and oxygen atoms in total. The van der Waals surface area contributed by atoms with Crippen molar-refractivity contribution in [1.82, 2.24) is 10.3 Å². The van der Waals surface area contributed by atoms with E-state index in [4.69, 9.17) is 5.84 Å². The van der Waals surface area contributed by atoms with Crippen LogP contribution in [0.15, 0.2) is 18.2 Å². The van der Waals surface area contributed by atoms with E-state index < -0.39 is 0 Å². The van der Waals surface area contributed by atoms with E-state index in [1.807, 2.05) is 0 Å². The normalized spacial score (nSPS) is 19.1. The number of nitrogens with two attached hydrogens (primary N) is 1. The fraction of sp³-hybridized carbons (Fsp3) is 0.667. The van der Waals surface area contributed by atoms with Crippen molar-refractivity contribution in [3.8, 4) is 0 Å². The predicted molar refractivity (Wildman–Crippen MR) is 90.1 cm³/mol. The minimum absolute atomic E-state index is 0.167. The van der Waals surface area contributed by atoms with E-state index in [0.29, 0.717) is 0 Å². The van der Waals surface area contributed by atoms with Gasteiger partial charge in [-0.25, -0.2) is 0 Å². The molecule has 0 spiro atoms. The lowest BCUT2D eigenvalue weighted by atomic mass is 9.81. The molecule has 1 aliphatic rings. The minimum atomic E-state index is 0.167. The Morgan fingerprint density at radius 1 is 1.14 bits per heavy atom. The Balaban J connectivity index is 2.42. The summed E-state index contributed by atoms with van der Waals surface area (Å²) < 4.78 is 0. The lowest BCUT2D eigenvalue weighted by Gasteiger charge is -2.46. The van der Waals surface area contributed by atoms with Gasteiger partial charge in [-0.15, -0.1) is 0 Å². The van der Waals surface area contributed by atoms with Crippen LogP contribution < -0.4 is 11.3 Å². The molecule has 0 bridgehead atoms. The van der Waals surface area contributed by atoms with E-state index in [1.54, 1.807) is 0 Å². The van der Waals surface area contributed by atoms with Crippen LogP contribution in [-0.2, 0) is 0 Å². The monoisotopic (exact) mass is 289 g/mol. The van der Waals surface area contributed by atoms with Gasteiger partial charge in [0.25, 0.3) is 0 Å². The third-order valence-electron chi connectivity index (χ3n) is 5.43.